The molecule has 2 aromatic carbocycles. The van der Waals surface area contributed by atoms with Crippen LogP contribution in [0.2, 0.25) is 0 Å². The fraction of sp³-hybridized carbons (Fsp3) is 0.417. The summed E-state index contributed by atoms with van der Waals surface area (Å²) in [6.45, 7) is 7.59. The monoisotopic (exact) mass is 438 g/mol. The van der Waals surface area contributed by atoms with Gasteiger partial charge in [-0.1, -0.05) is 26.0 Å². The Kier molecular flexibility index (Phi) is 7.45. The fourth-order valence-electron chi connectivity index (χ4n) is 3.66. The van der Waals surface area contributed by atoms with E-state index in [0.29, 0.717) is 17.0 Å². The maximum absolute atomic E-state index is 12.8. The number of piperidine rings is 1. The minimum atomic E-state index is -0.487. The second-order valence-corrected chi connectivity index (χ2v) is 8.56. The number of nitro groups is 1. The average Bonchev–Trinajstić information content (AvgIpc) is 2.79. The van der Waals surface area contributed by atoms with Gasteiger partial charge >= 0.3 is 0 Å². The number of non-ortho nitro benzene ring substituents is 1. The Morgan fingerprint density at radius 3 is 2.22 bits per heavy atom. The van der Waals surface area contributed by atoms with Crippen molar-refractivity contribution in [3.8, 4) is 0 Å². The average molecular weight is 439 g/mol. The molecule has 1 fully saturated rings. The molecule has 0 bridgehead atoms. The van der Waals surface area contributed by atoms with Gasteiger partial charge < -0.3 is 15.5 Å². The number of rotatable bonds is 7. The first-order valence-corrected chi connectivity index (χ1v) is 11.0. The van der Waals surface area contributed by atoms with Crippen molar-refractivity contribution in [3.05, 3.63) is 69.8 Å². The predicted octanol–water partition coefficient (Wildman–Crippen LogP) is 3.77. The van der Waals surface area contributed by atoms with Crippen LogP contribution in [-0.4, -0.2) is 41.9 Å². The van der Waals surface area contributed by atoms with E-state index in [4.69, 9.17) is 0 Å². The quantitative estimate of drug-likeness (QED) is 0.506. The molecule has 2 amide bonds. The Labute approximate surface area is 188 Å². The Morgan fingerprint density at radius 2 is 1.62 bits per heavy atom. The Bertz CT molecular complexity index is 966. The summed E-state index contributed by atoms with van der Waals surface area (Å²) >= 11 is 0. The largest absolute Gasteiger partial charge is 0.371 e. The molecule has 3 rings (SSSR count). The van der Waals surface area contributed by atoms with E-state index < -0.39 is 4.92 Å². The molecule has 0 aromatic heterocycles. The molecular weight excluding hydrogens is 408 g/mol. The van der Waals surface area contributed by atoms with Crippen LogP contribution in [-0.2, 0) is 0 Å². The molecule has 0 spiro atoms. The van der Waals surface area contributed by atoms with E-state index in [1.54, 1.807) is 0 Å². The van der Waals surface area contributed by atoms with Crippen molar-refractivity contribution in [2.45, 2.75) is 45.7 Å². The van der Waals surface area contributed by atoms with Gasteiger partial charge in [-0.2, -0.15) is 0 Å². The number of carbonyl (C=O) groups is 2. The van der Waals surface area contributed by atoms with Crippen LogP contribution in [0.3, 0.4) is 0 Å². The lowest BCUT2D eigenvalue weighted by Gasteiger charge is -2.35. The first-order chi connectivity index (χ1) is 15.3. The molecule has 1 heterocycles. The lowest BCUT2D eigenvalue weighted by molar-refractivity contribution is -0.384. The molecule has 170 valence electrons. The smallest absolute Gasteiger partial charge is 0.269 e. The Morgan fingerprint density at radius 1 is 1.00 bits per heavy atom. The van der Waals surface area contributed by atoms with Crippen molar-refractivity contribution in [2.75, 3.05) is 18.0 Å². The van der Waals surface area contributed by atoms with Gasteiger partial charge in [-0.05, 0) is 49.9 Å². The van der Waals surface area contributed by atoms with Gasteiger partial charge in [0.15, 0.2) is 0 Å². The van der Waals surface area contributed by atoms with Crippen molar-refractivity contribution in [1.29, 1.82) is 0 Å². The molecule has 8 heteroatoms. The normalized spacial score (nSPS) is 15.3. The number of amides is 2. The number of nitrogens with one attached hydrogen (secondary N) is 2. The molecule has 1 unspecified atom stereocenters. The summed E-state index contributed by atoms with van der Waals surface area (Å²) in [5, 5.41) is 16.9. The third-order valence-corrected chi connectivity index (χ3v) is 6.02. The standard InChI is InChI=1S/C24H30N4O4/c1-16(2)17(3)25-24(30)21-6-4-5-7-22(21)27-14-12-19(13-15-27)26-23(29)18-8-10-20(11-9-18)28(31)32/h4-11,16-17,19H,12-15H2,1-3H3,(H,25,30)(H,26,29). The van der Waals surface area contributed by atoms with E-state index >= 15 is 0 Å². The van der Waals surface area contributed by atoms with Crippen LogP contribution in [0.15, 0.2) is 48.5 Å². The topological polar surface area (TPSA) is 105 Å². The summed E-state index contributed by atoms with van der Waals surface area (Å²) in [5.74, 6) is 0.0393. The zero-order chi connectivity index (χ0) is 23.3. The number of nitro benzene ring substituents is 1. The molecule has 32 heavy (non-hydrogen) atoms. The van der Waals surface area contributed by atoms with E-state index in [-0.39, 0.29) is 29.6 Å². The van der Waals surface area contributed by atoms with E-state index in [1.165, 1.54) is 24.3 Å². The van der Waals surface area contributed by atoms with Gasteiger partial charge in [-0.25, -0.2) is 0 Å². The summed E-state index contributed by atoms with van der Waals surface area (Å²) in [7, 11) is 0. The third kappa shape index (κ3) is 5.63. The van der Waals surface area contributed by atoms with Gasteiger partial charge in [0, 0.05) is 48.6 Å². The molecule has 1 aliphatic heterocycles. The maximum atomic E-state index is 12.8. The van der Waals surface area contributed by atoms with Gasteiger partial charge in [0.05, 0.1) is 10.5 Å². The molecular formula is C24H30N4O4. The highest BCUT2D eigenvalue weighted by Crippen LogP contribution is 2.25. The van der Waals surface area contributed by atoms with Crippen LogP contribution >= 0.6 is 0 Å². The maximum Gasteiger partial charge on any atom is 0.269 e. The molecule has 1 atom stereocenters. The Balaban J connectivity index is 1.59. The summed E-state index contributed by atoms with van der Waals surface area (Å²) in [6.07, 6.45) is 1.49. The van der Waals surface area contributed by atoms with Crippen molar-refractivity contribution >= 4 is 23.2 Å². The zero-order valence-electron chi connectivity index (χ0n) is 18.7. The molecule has 2 N–H and O–H groups in total. The minimum absolute atomic E-state index is 0.0101. The number of hydrogen-bond acceptors (Lipinski definition) is 5. The highest BCUT2D eigenvalue weighted by molar-refractivity contribution is 6.00. The zero-order valence-corrected chi connectivity index (χ0v) is 18.7. The number of carbonyl (C=O) groups excluding carboxylic acids is 2. The second kappa shape index (κ2) is 10.3. The molecule has 0 saturated carbocycles. The van der Waals surface area contributed by atoms with E-state index in [9.17, 15) is 19.7 Å². The van der Waals surface area contributed by atoms with E-state index in [0.717, 1.165) is 31.6 Å². The van der Waals surface area contributed by atoms with Gasteiger partial charge in [0.25, 0.3) is 17.5 Å². The lowest BCUT2D eigenvalue weighted by Crippen LogP contribution is -2.45. The molecule has 8 nitrogen and oxygen atoms in total. The summed E-state index contributed by atoms with van der Waals surface area (Å²) in [5.41, 5.74) is 1.93. The van der Waals surface area contributed by atoms with Crippen LogP contribution in [0, 0.1) is 16.0 Å². The highest BCUT2D eigenvalue weighted by atomic mass is 16.6. The summed E-state index contributed by atoms with van der Waals surface area (Å²) < 4.78 is 0. The third-order valence-electron chi connectivity index (χ3n) is 6.02. The van der Waals surface area contributed by atoms with Crippen LogP contribution in [0.25, 0.3) is 0 Å². The Hall–Kier alpha value is -3.42. The van der Waals surface area contributed by atoms with Gasteiger partial charge in [0.1, 0.15) is 0 Å². The van der Waals surface area contributed by atoms with Crippen LogP contribution in [0.1, 0.15) is 54.3 Å². The van der Waals surface area contributed by atoms with Crippen molar-refractivity contribution in [3.63, 3.8) is 0 Å². The van der Waals surface area contributed by atoms with Gasteiger partial charge in [-0.3, -0.25) is 19.7 Å². The molecule has 0 aliphatic carbocycles. The summed E-state index contributed by atoms with van der Waals surface area (Å²) in [6, 6.07) is 13.3. The van der Waals surface area contributed by atoms with Crippen LogP contribution in [0.5, 0.6) is 0 Å². The first kappa shape index (κ1) is 23.2. The number of para-hydroxylation sites is 1. The van der Waals surface area contributed by atoms with Crippen LogP contribution in [0.4, 0.5) is 11.4 Å². The van der Waals surface area contributed by atoms with E-state index in [1.807, 2.05) is 31.2 Å². The lowest BCUT2D eigenvalue weighted by atomic mass is 10.0. The number of benzene rings is 2. The van der Waals surface area contributed by atoms with Crippen molar-refractivity contribution in [2.24, 2.45) is 5.92 Å². The predicted molar refractivity (Wildman–Crippen MR) is 124 cm³/mol. The molecule has 1 saturated heterocycles. The molecule has 0 radical (unpaired) electrons. The minimum Gasteiger partial charge on any atom is -0.371 e. The second-order valence-electron chi connectivity index (χ2n) is 8.56. The first-order valence-electron chi connectivity index (χ1n) is 11.0. The molecule has 1 aliphatic rings. The molecule has 2 aromatic rings. The SMILES string of the molecule is CC(C)C(C)NC(=O)c1ccccc1N1CCC(NC(=O)c2ccc([N+](=O)[O-])cc2)CC1. The number of anilines is 1. The fourth-order valence-corrected chi connectivity index (χ4v) is 3.66. The highest BCUT2D eigenvalue weighted by Gasteiger charge is 2.25. The number of hydrogen-bond donors (Lipinski definition) is 2. The van der Waals surface area contributed by atoms with Gasteiger partial charge in [-0.15, -0.1) is 0 Å². The summed E-state index contributed by atoms with van der Waals surface area (Å²) in [4.78, 5) is 37.8. The number of nitrogens with zero attached hydrogens (tertiary/aromatic N) is 2. The van der Waals surface area contributed by atoms with Crippen molar-refractivity contribution < 1.29 is 14.5 Å². The van der Waals surface area contributed by atoms with E-state index in [2.05, 4.69) is 29.4 Å². The van der Waals surface area contributed by atoms with Gasteiger partial charge in [0.2, 0.25) is 0 Å². The van der Waals surface area contributed by atoms with Crippen molar-refractivity contribution in [1.82, 2.24) is 10.6 Å². The van der Waals surface area contributed by atoms with Crippen LogP contribution < -0.4 is 15.5 Å².